The SMILES string of the molecule is CC1CCC(CCCCCCCCCC(C(=O)O)C(=O)O)C(CCCCCCCCCC(C(=O)O)C(=O)O)C1C. The zero-order chi connectivity index (χ0) is 29.9. The van der Waals surface area contributed by atoms with Gasteiger partial charge in [-0.1, -0.05) is 117 Å². The molecule has 0 aromatic rings. The molecule has 0 bridgehead atoms. The molecule has 0 amide bonds. The van der Waals surface area contributed by atoms with E-state index in [4.69, 9.17) is 20.4 Å². The molecule has 40 heavy (non-hydrogen) atoms. The lowest BCUT2D eigenvalue weighted by atomic mass is 9.65. The highest BCUT2D eigenvalue weighted by molar-refractivity contribution is 5.93. The molecule has 1 fully saturated rings. The van der Waals surface area contributed by atoms with Crippen molar-refractivity contribution in [2.45, 2.75) is 142 Å². The summed E-state index contributed by atoms with van der Waals surface area (Å²) in [7, 11) is 0. The van der Waals surface area contributed by atoms with Crippen LogP contribution in [0.3, 0.4) is 0 Å². The molecule has 8 nitrogen and oxygen atoms in total. The summed E-state index contributed by atoms with van der Waals surface area (Å²) in [5.41, 5.74) is 0. The van der Waals surface area contributed by atoms with Gasteiger partial charge in [0.1, 0.15) is 0 Å². The summed E-state index contributed by atoms with van der Waals surface area (Å²) in [4.78, 5) is 43.8. The molecule has 1 aliphatic rings. The average Bonchev–Trinajstić information content (AvgIpc) is 2.88. The van der Waals surface area contributed by atoms with Crippen LogP contribution in [0.1, 0.15) is 142 Å². The van der Waals surface area contributed by atoms with Gasteiger partial charge >= 0.3 is 23.9 Å². The van der Waals surface area contributed by atoms with E-state index in [0.717, 1.165) is 62.2 Å². The van der Waals surface area contributed by atoms with E-state index >= 15 is 0 Å². The molecule has 0 heterocycles. The van der Waals surface area contributed by atoms with Crippen molar-refractivity contribution in [3.8, 4) is 0 Å². The second-order valence-corrected chi connectivity index (χ2v) is 12.4. The Morgan fingerprint density at radius 1 is 0.525 bits per heavy atom. The van der Waals surface area contributed by atoms with E-state index in [1.165, 1.54) is 64.2 Å². The Balaban J connectivity index is 2.17. The van der Waals surface area contributed by atoms with Crippen LogP contribution in [0.2, 0.25) is 0 Å². The molecule has 0 aromatic carbocycles. The molecular formula is C32H56O8. The monoisotopic (exact) mass is 568 g/mol. The molecular weight excluding hydrogens is 512 g/mol. The molecule has 8 heteroatoms. The summed E-state index contributed by atoms with van der Waals surface area (Å²) in [6, 6.07) is 0. The third-order valence-electron chi connectivity index (χ3n) is 9.46. The molecule has 0 saturated heterocycles. The van der Waals surface area contributed by atoms with Gasteiger partial charge in [0, 0.05) is 0 Å². The summed E-state index contributed by atoms with van der Waals surface area (Å²) in [6.45, 7) is 4.85. The van der Waals surface area contributed by atoms with Crippen LogP contribution in [-0.4, -0.2) is 44.3 Å². The zero-order valence-corrected chi connectivity index (χ0v) is 25.0. The number of aliphatic carboxylic acids is 4. The second-order valence-electron chi connectivity index (χ2n) is 12.4. The van der Waals surface area contributed by atoms with E-state index in [9.17, 15) is 19.2 Å². The third-order valence-corrected chi connectivity index (χ3v) is 9.46. The fourth-order valence-corrected chi connectivity index (χ4v) is 6.62. The van der Waals surface area contributed by atoms with Gasteiger partial charge in [-0.25, -0.2) is 0 Å². The number of hydrogen-bond acceptors (Lipinski definition) is 4. The van der Waals surface area contributed by atoms with E-state index in [0.29, 0.717) is 12.8 Å². The Labute approximate surface area is 241 Å². The lowest BCUT2D eigenvalue weighted by Gasteiger charge is -2.41. The van der Waals surface area contributed by atoms with Gasteiger partial charge in [-0.05, 0) is 49.4 Å². The number of carbonyl (C=O) groups is 4. The number of unbranched alkanes of at least 4 members (excludes halogenated alkanes) is 12. The highest BCUT2D eigenvalue weighted by Crippen LogP contribution is 2.43. The van der Waals surface area contributed by atoms with Crippen LogP contribution in [0.4, 0.5) is 0 Å². The van der Waals surface area contributed by atoms with Crippen molar-refractivity contribution >= 4 is 23.9 Å². The Morgan fingerprint density at radius 2 is 0.875 bits per heavy atom. The normalized spacial score (nSPS) is 21.1. The smallest absolute Gasteiger partial charge is 0.317 e. The summed E-state index contributed by atoms with van der Waals surface area (Å²) in [5.74, 6) is -4.30. The third kappa shape index (κ3) is 14.5. The van der Waals surface area contributed by atoms with Crippen molar-refractivity contribution in [1.82, 2.24) is 0 Å². The van der Waals surface area contributed by atoms with Gasteiger partial charge in [-0.15, -0.1) is 0 Å². The summed E-state index contributed by atoms with van der Waals surface area (Å²) in [6.07, 6.45) is 20.6. The fraction of sp³-hybridized carbons (Fsp3) is 0.875. The van der Waals surface area contributed by atoms with Crippen LogP contribution in [0, 0.1) is 35.5 Å². The van der Waals surface area contributed by atoms with Gasteiger partial charge in [0.25, 0.3) is 0 Å². The first-order chi connectivity index (χ1) is 19.1. The Morgan fingerprint density at radius 3 is 1.27 bits per heavy atom. The molecule has 0 spiro atoms. The van der Waals surface area contributed by atoms with Crippen LogP contribution < -0.4 is 0 Å². The molecule has 4 atom stereocenters. The highest BCUT2D eigenvalue weighted by atomic mass is 16.4. The number of carboxylic acids is 4. The summed E-state index contributed by atoms with van der Waals surface area (Å²) in [5, 5.41) is 35.8. The molecule has 4 N–H and O–H groups in total. The van der Waals surface area contributed by atoms with Gasteiger partial charge < -0.3 is 20.4 Å². The number of rotatable bonds is 24. The van der Waals surface area contributed by atoms with Crippen LogP contribution in [0.15, 0.2) is 0 Å². The summed E-state index contributed by atoms with van der Waals surface area (Å²) >= 11 is 0. The van der Waals surface area contributed by atoms with Gasteiger partial charge in [-0.2, -0.15) is 0 Å². The van der Waals surface area contributed by atoms with Crippen molar-refractivity contribution < 1.29 is 39.6 Å². The minimum Gasteiger partial charge on any atom is -0.481 e. The van der Waals surface area contributed by atoms with Crippen molar-refractivity contribution in [3.05, 3.63) is 0 Å². The predicted molar refractivity (Wildman–Crippen MR) is 155 cm³/mol. The quantitative estimate of drug-likeness (QED) is 0.0678. The lowest BCUT2D eigenvalue weighted by Crippen LogP contribution is -2.32. The van der Waals surface area contributed by atoms with E-state index < -0.39 is 35.7 Å². The van der Waals surface area contributed by atoms with E-state index in [-0.39, 0.29) is 12.8 Å². The highest BCUT2D eigenvalue weighted by Gasteiger charge is 2.33. The number of carboxylic acid groups (broad SMARTS) is 4. The van der Waals surface area contributed by atoms with Crippen molar-refractivity contribution in [2.75, 3.05) is 0 Å². The fourth-order valence-electron chi connectivity index (χ4n) is 6.62. The van der Waals surface area contributed by atoms with Crippen molar-refractivity contribution in [1.29, 1.82) is 0 Å². The average molecular weight is 569 g/mol. The minimum absolute atomic E-state index is 0.216. The summed E-state index contributed by atoms with van der Waals surface area (Å²) < 4.78 is 0. The van der Waals surface area contributed by atoms with Gasteiger partial charge in [0.15, 0.2) is 11.8 Å². The molecule has 0 aromatic heterocycles. The van der Waals surface area contributed by atoms with E-state index in [1.54, 1.807) is 0 Å². The topological polar surface area (TPSA) is 149 Å². The number of hydrogen-bond donors (Lipinski definition) is 4. The van der Waals surface area contributed by atoms with Gasteiger partial charge in [0.2, 0.25) is 0 Å². The maximum absolute atomic E-state index is 10.9. The van der Waals surface area contributed by atoms with E-state index in [2.05, 4.69) is 13.8 Å². The van der Waals surface area contributed by atoms with Crippen LogP contribution in [-0.2, 0) is 19.2 Å². The van der Waals surface area contributed by atoms with Crippen LogP contribution in [0.5, 0.6) is 0 Å². The Hall–Kier alpha value is -2.12. The first kappa shape index (κ1) is 35.9. The largest absolute Gasteiger partial charge is 0.481 e. The predicted octanol–water partition coefficient (Wildman–Crippen LogP) is 7.88. The lowest BCUT2D eigenvalue weighted by molar-refractivity contribution is -0.156. The first-order valence-corrected chi connectivity index (χ1v) is 16.0. The van der Waals surface area contributed by atoms with Crippen LogP contribution in [0.25, 0.3) is 0 Å². The molecule has 0 aliphatic heterocycles. The molecule has 1 aliphatic carbocycles. The zero-order valence-electron chi connectivity index (χ0n) is 25.0. The van der Waals surface area contributed by atoms with Crippen molar-refractivity contribution in [3.63, 3.8) is 0 Å². The second kappa shape index (κ2) is 20.7. The minimum atomic E-state index is -1.27. The molecule has 1 rings (SSSR count). The molecule has 0 radical (unpaired) electrons. The molecule has 1 saturated carbocycles. The maximum atomic E-state index is 10.9. The Bertz CT molecular complexity index is 723. The van der Waals surface area contributed by atoms with Gasteiger partial charge in [-0.3, -0.25) is 19.2 Å². The first-order valence-electron chi connectivity index (χ1n) is 16.0. The molecule has 232 valence electrons. The van der Waals surface area contributed by atoms with Gasteiger partial charge in [0.05, 0.1) is 0 Å². The maximum Gasteiger partial charge on any atom is 0.317 e. The van der Waals surface area contributed by atoms with Crippen molar-refractivity contribution in [2.24, 2.45) is 35.5 Å². The van der Waals surface area contributed by atoms with Crippen LogP contribution >= 0.6 is 0 Å². The van der Waals surface area contributed by atoms with E-state index in [1.807, 2.05) is 0 Å². The molecule has 4 unspecified atom stereocenters. The standard InChI is InChI=1S/C32H56O8/c1-23-21-22-25(17-13-9-5-3-7-11-15-19-27(29(33)34)30(35)36)26(24(23)2)18-14-10-6-4-8-12-16-20-28(31(37)38)32(39)40/h23-28H,3-22H2,1-2H3,(H,33,34)(H,35,36)(H,37,38)(H,39,40). The Kier molecular flexibility index (Phi) is 18.6.